The first-order valence-electron chi connectivity index (χ1n) is 9.87. The van der Waals surface area contributed by atoms with E-state index in [1.807, 2.05) is 0 Å². The maximum atomic E-state index is 10.2. The summed E-state index contributed by atoms with van der Waals surface area (Å²) < 4.78 is 0. The van der Waals surface area contributed by atoms with E-state index in [2.05, 4.69) is 10.6 Å². The van der Waals surface area contributed by atoms with Gasteiger partial charge in [-0.3, -0.25) is 0 Å². The number of hydrogen-bond donors (Lipinski definition) is 7. The van der Waals surface area contributed by atoms with Gasteiger partial charge in [0.15, 0.2) is 0 Å². The minimum atomic E-state index is -0.903. The summed E-state index contributed by atoms with van der Waals surface area (Å²) in [6.07, 6.45) is 5.19. The Morgan fingerprint density at radius 2 is 1.64 bits per heavy atom. The van der Waals surface area contributed by atoms with Gasteiger partial charge in [0.1, 0.15) is 0 Å². The second kappa shape index (κ2) is 10.8. The Morgan fingerprint density at radius 3 is 2.28 bits per heavy atom. The summed E-state index contributed by atoms with van der Waals surface area (Å²) >= 11 is 0. The van der Waals surface area contributed by atoms with Crippen molar-refractivity contribution in [3.63, 3.8) is 0 Å². The fraction of sp³-hybridized carbons (Fsp3) is 1.00. The Labute approximate surface area is 150 Å². The summed E-state index contributed by atoms with van der Waals surface area (Å²) in [6.45, 7) is 0.742. The highest BCUT2D eigenvalue weighted by Crippen LogP contribution is 2.20. The van der Waals surface area contributed by atoms with Crippen LogP contribution in [0, 0.1) is 0 Å². The monoisotopic (exact) mass is 360 g/mol. The first kappa shape index (κ1) is 21.0. The van der Waals surface area contributed by atoms with Gasteiger partial charge in [0, 0.05) is 12.1 Å². The van der Waals surface area contributed by atoms with Gasteiger partial charge >= 0.3 is 0 Å². The van der Waals surface area contributed by atoms with Gasteiger partial charge in [-0.15, -0.1) is 0 Å². The third-order valence-corrected chi connectivity index (χ3v) is 5.72. The maximum Gasteiger partial charge on any atom is 0.0989 e. The van der Waals surface area contributed by atoms with Crippen LogP contribution < -0.4 is 10.6 Å². The van der Waals surface area contributed by atoms with Crippen molar-refractivity contribution in [1.29, 1.82) is 0 Å². The van der Waals surface area contributed by atoms with Gasteiger partial charge < -0.3 is 36.2 Å². The Hall–Kier alpha value is -0.280. The standard InChI is InChI=1S/C18H36N2O5/c21-11-14-18(25)17(24)13(20-14)8-3-1-2-4-9-15(22)16(23)12-7-5-6-10-19-12/h12-25H,1-11H2/t12-,13+,14+,15+,16+,17+,18-/m1/s1. The van der Waals surface area contributed by atoms with Crippen molar-refractivity contribution in [3.8, 4) is 0 Å². The molecule has 25 heavy (non-hydrogen) atoms. The SMILES string of the molecule is OC[C@@H]1N[C@@H](CCCCCC[C@H](O)[C@@H](O)[C@H]2CCCCN2)[C@H](O)[C@@H]1O. The molecule has 7 N–H and O–H groups in total. The molecule has 0 saturated carbocycles. The fourth-order valence-electron chi connectivity index (χ4n) is 4.04. The van der Waals surface area contributed by atoms with Crippen LogP contribution in [0.15, 0.2) is 0 Å². The molecule has 0 aliphatic carbocycles. The largest absolute Gasteiger partial charge is 0.395 e. The summed E-state index contributed by atoms with van der Waals surface area (Å²) in [5.74, 6) is 0. The molecular formula is C18H36N2O5. The van der Waals surface area contributed by atoms with Crippen LogP contribution in [0.4, 0.5) is 0 Å². The third-order valence-electron chi connectivity index (χ3n) is 5.72. The van der Waals surface area contributed by atoms with Crippen molar-refractivity contribution in [2.24, 2.45) is 0 Å². The Balaban J connectivity index is 1.53. The number of nitrogens with one attached hydrogen (secondary N) is 2. The molecule has 0 amide bonds. The highest BCUT2D eigenvalue weighted by molar-refractivity contribution is 4.97. The lowest BCUT2D eigenvalue weighted by molar-refractivity contribution is -0.0145. The van der Waals surface area contributed by atoms with Gasteiger partial charge in [0.25, 0.3) is 0 Å². The van der Waals surface area contributed by atoms with Crippen LogP contribution in [0.3, 0.4) is 0 Å². The molecular weight excluding hydrogens is 324 g/mol. The van der Waals surface area contributed by atoms with Gasteiger partial charge in [-0.1, -0.05) is 32.1 Å². The summed E-state index contributed by atoms with van der Waals surface area (Å²) in [7, 11) is 0. The normalized spacial score (nSPS) is 35.6. The van der Waals surface area contributed by atoms with Gasteiger partial charge in [-0.2, -0.15) is 0 Å². The predicted octanol–water partition coefficient (Wildman–Crippen LogP) is -0.755. The third kappa shape index (κ3) is 6.13. The first-order valence-corrected chi connectivity index (χ1v) is 9.87. The van der Waals surface area contributed by atoms with Gasteiger partial charge in [0.2, 0.25) is 0 Å². The Kier molecular flexibility index (Phi) is 9.06. The van der Waals surface area contributed by atoms with Crippen molar-refractivity contribution in [3.05, 3.63) is 0 Å². The van der Waals surface area contributed by atoms with E-state index >= 15 is 0 Å². The second-order valence-corrected chi connectivity index (χ2v) is 7.65. The smallest absolute Gasteiger partial charge is 0.0989 e. The summed E-state index contributed by atoms with van der Waals surface area (Å²) in [5, 5.41) is 55.5. The van der Waals surface area contributed by atoms with E-state index in [1.165, 1.54) is 0 Å². The van der Waals surface area contributed by atoms with Crippen LogP contribution in [-0.2, 0) is 0 Å². The van der Waals surface area contributed by atoms with Gasteiger partial charge in [-0.05, 0) is 32.2 Å². The number of aliphatic hydroxyl groups is 5. The van der Waals surface area contributed by atoms with E-state index in [-0.39, 0.29) is 18.7 Å². The molecule has 0 aromatic rings. The van der Waals surface area contributed by atoms with Crippen molar-refractivity contribution >= 4 is 0 Å². The van der Waals surface area contributed by atoms with Crippen molar-refractivity contribution < 1.29 is 25.5 Å². The lowest BCUT2D eigenvalue weighted by atomic mass is 9.94. The quantitative estimate of drug-likeness (QED) is 0.256. The zero-order valence-corrected chi connectivity index (χ0v) is 15.1. The molecule has 0 unspecified atom stereocenters. The lowest BCUT2D eigenvalue weighted by Gasteiger charge is -2.30. The van der Waals surface area contributed by atoms with Crippen molar-refractivity contribution in [1.82, 2.24) is 10.6 Å². The highest BCUT2D eigenvalue weighted by Gasteiger charge is 2.39. The molecule has 2 aliphatic rings. The van der Waals surface area contributed by atoms with E-state index in [9.17, 15) is 20.4 Å². The molecule has 2 aliphatic heterocycles. The average Bonchev–Trinajstić information content (AvgIpc) is 2.92. The second-order valence-electron chi connectivity index (χ2n) is 7.65. The van der Waals surface area contributed by atoms with Crippen molar-refractivity contribution in [2.75, 3.05) is 13.2 Å². The molecule has 0 bridgehead atoms. The van der Waals surface area contributed by atoms with Crippen LogP contribution in [0.1, 0.15) is 57.8 Å². The van der Waals surface area contributed by atoms with Crippen LogP contribution in [0.2, 0.25) is 0 Å². The van der Waals surface area contributed by atoms with Crippen molar-refractivity contribution in [2.45, 2.75) is 100 Å². The van der Waals surface area contributed by atoms with Crippen LogP contribution in [0.5, 0.6) is 0 Å². The summed E-state index contributed by atoms with van der Waals surface area (Å²) in [4.78, 5) is 0. The van der Waals surface area contributed by atoms with Gasteiger partial charge in [-0.25, -0.2) is 0 Å². The fourth-order valence-corrected chi connectivity index (χ4v) is 4.04. The molecule has 7 nitrogen and oxygen atoms in total. The van der Waals surface area contributed by atoms with E-state index < -0.39 is 30.5 Å². The maximum absolute atomic E-state index is 10.2. The molecule has 0 radical (unpaired) electrons. The summed E-state index contributed by atoms with van der Waals surface area (Å²) in [6, 6.07) is -0.591. The number of aliphatic hydroxyl groups excluding tert-OH is 5. The molecule has 2 saturated heterocycles. The minimum absolute atomic E-state index is 0.0181. The Bertz CT molecular complexity index is 367. The van der Waals surface area contributed by atoms with E-state index in [1.54, 1.807) is 0 Å². The molecule has 0 aromatic heterocycles. The molecule has 7 heteroatoms. The topological polar surface area (TPSA) is 125 Å². The molecule has 2 fully saturated rings. The molecule has 7 atom stereocenters. The average molecular weight is 360 g/mol. The molecule has 148 valence electrons. The van der Waals surface area contributed by atoms with E-state index in [0.29, 0.717) is 6.42 Å². The number of unbranched alkanes of at least 4 members (excludes halogenated alkanes) is 3. The van der Waals surface area contributed by atoms with Crippen LogP contribution >= 0.6 is 0 Å². The molecule has 0 spiro atoms. The molecule has 2 heterocycles. The lowest BCUT2D eigenvalue weighted by Crippen LogP contribution is -2.48. The molecule has 0 aromatic carbocycles. The Morgan fingerprint density at radius 1 is 0.920 bits per heavy atom. The van der Waals surface area contributed by atoms with E-state index in [4.69, 9.17) is 5.11 Å². The van der Waals surface area contributed by atoms with Crippen LogP contribution in [0.25, 0.3) is 0 Å². The first-order chi connectivity index (χ1) is 12.0. The number of hydrogen-bond acceptors (Lipinski definition) is 7. The minimum Gasteiger partial charge on any atom is -0.395 e. The summed E-state index contributed by atoms with van der Waals surface area (Å²) in [5.41, 5.74) is 0. The molecule has 2 rings (SSSR count). The number of rotatable bonds is 10. The number of piperidine rings is 1. The zero-order chi connectivity index (χ0) is 18.2. The van der Waals surface area contributed by atoms with E-state index in [0.717, 1.165) is 57.9 Å². The van der Waals surface area contributed by atoms with Gasteiger partial charge in [0.05, 0.1) is 37.1 Å². The van der Waals surface area contributed by atoms with Crippen LogP contribution in [-0.4, -0.2) is 81.2 Å². The predicted molar refractivity (Wildman–Crippen MR) is 95.2 cm³/mol. The highest BCUT2D eigenvalue weighted by atomic mass is 16.3. The zero-order valence-electron chi connectivity index (χ0n) is 15.1.